The van der Waals surface area contributed by atoms with Gasteiger partial charge in [0, 0.05) is 25.7 Å². The first-order valence-electron chi connectivity index (χ1n) is 7.03. The zero-order chi connectivity index (χ0) is 13.8. The summed E-state index contributed by atoms with van der Waals surface area (Å²) in [6, 6.07) is 0. The van der Waals surface area contributed by atoms with E-state index < -0.39 is 0 Å². The van der Waals surface area contributed by atoms with E-state index >= 15 is 0 Å². The maximum absolute atomic E-state index is 11.4. The van der Waals surface area contributed by atoms with Gasteiger partial charge >= 0.3 is 0 Å². The minimum absolute atomic E-state index is 0.0915. The standard InChI is InChI=1S/C15H26O3/c1-13(16)9-7-5-3-4-6-8-10-15(18)12-11-14(2)17/h3-12H2,1-2H3. The van der Waals surface area contributed by atoms with Gasteiger partial charge in [0.15, 0.2) is 0 Å². The van der Waals surface area contributed by atoms with Crippen LogP contribution >= 0.6 is 0 Å². The van der Waals surface area contributed by atoms with E-state index in [9.17, 15) is 14.4 Å². The van der Waals surface area contributed by atoms with E-state index in [4.69, 9.17) is 0 Å². The van der Waals surface area contributed by atoms with Crippen LogP contribution in [0.15, 0.2) is 0 Å². The van der Waals surface area contributed by atoms with E-state index in [2.05, 4.69) is 0 Å². The first kappa shape index (κ1) is 17.0. The van der Waals surface area contributed by atoms with Crippen LogP contribution in [0.3, 0.4) is 0 Å². The average Bonchev–Trinajstić information content (AvgIpc) is 2.29. The van der Waals surface area contributed by atoms with Gasteiger partial charge in [-0.3, -0.25) is 4.79 Å². The summed E-state index contributed by atoms with van der Waals surface area (Å²) in [5, 5.41) is 0. The molecule has 0 rings (SSSR count). The summed E-state index contributed by atoms with van der Waals surface area (Å²) in [6.07, 6.45) is 8.51. The van der Waals surface area contributed by atoms with Crippen LogP contribution in [0.4, 0.5) is 0 Å². The highest BCUT2D eigenvalue weighted by atomic mass is 16.1. The molecule has 0 bridgehead atoms. The molecule has 18 heavy (non-hydrogen) atoms. The Balaban J connectivity index is 3.22. The molecule has 0 saturated heterocycles. The van der Waals surface area contributed by atoms with E-state index in [-0.39, 0.29) is 17.3 Å². The molecule has 0 aromatic heterocycles. The van der Waals surface area contributed by atoms with Crippen LogP contribution in [-0.2, 0) is 14.4 Å². The summed E-state index contributed by atoms with van der Waals surface area (Å²) in [4.78, 5) is 32.8. The van der Waals surface area contributed by atoms with Crippen molar-refractivity contribution < 1.29 is 14.4 Å². The Morgan fingerprint density at radius 3 is 1.50 bits per heavy atom. The molecule has 0 unspecified atom stereocenters. The van der Waals surface area contributed by atoms with Gasteiger partial charge in [-0.15, -0.1) is 0 Å². The van der Waals surface area contributed by atoms with Crippen molar-refractivity contribution in [3.05, 3.63) is 0 Å². The highest BCUT2D eigenvalue weighted by molar-refractivity contribution is 5.84. The Morgan fingerprint density at radius 1 is 0.556 bits per heavy atom. The summed E-state index contributed by atoms with van der Waals surface area (Å²) in [6.45, 7) is 3.15. The van der Waals surface area contributed by atoms with Gasteiger partial charge in [-0.1, -0.05) is 25.7 Å². The predicted octanol–water partition coefficient (Wildman–Crippen LogP) is 3.63. The summed E-state index contributed by atoms with van der Waals surface area (Å²) in [5.74, 6) is 0.571. The molecule has 0 fully saturated rings. The minimum Gasteiger partial charge on any atom is -0.300 e. The molecule has 0 aromatic carbocycles. The topological polar surface area (TPSA) is 51.2 Å². The fourth-order valence-electron chi connectivity index (χ4n) is 1.84. The largest absolute Gasteiger partial charge is 0.300 e. The molecular weight excluding hydrogens is 228 g/mol. The minimum atomic E-state index is 0.0915. The smallest absolute Gasteiger partial charge is 0.133 e. The normalized spacial score (nSPS) is 10.3. The molecule has 0 spiro atoms. The second-order valence-corrected chi connectivity index (χ2v) is 5.06. The number of carbonyl (C=O) groups excluding carboxylic acids is 3. The first-order chi connectivity index (χ1) is 8.52. The highest BCUT2D eigenvalue weighted by Crippen LogP contribution is 2.10. The lowest BCUT2D eigenvalue weighted by Crippen LogP contribution is -2.01. The summed E-state index contributed by atoms with van der Waals surface area (Å²) in [5.41, 5.74) is 0. The van der Waals surface area contributed by atoms with Crippen molar-refractivity contribution in [1.29, 1.82) is 0 Å². The molecule has 0 atom stereocenters. The van der Waals surface area contributed by atoms with Crippen molar-refractivity contribution in [3.8, 4) is 0 Å². The SMILES string of the molecule is CC(=O)CCCCCCCCC(=O)CCC(C)=O. The van der Waals surface area contributed by atoms with Crippen molar-refractivity contribution in [2.24, 2.45) is 0 Å². The van der Waals surface area contributed by atoms with Crippen LogP contribution in [0.2, 0.25) is 0 Å². The van der Waals surface area contributed by atoms with Crippen molar-refractivity contribution in [3.63, 3.8) is 0 Å². The van der Waals surface area contributed by atoms with Gasteiger partial charge in [-0.25, -0.2) is 0 Å². The molecule has 0 aromatic rings. The van der Waals surface area contributed by atoms with Crippen LogP contribution in [0.5, 0.6) is 0 Å². The fraction of sp³-hybridized carbons (Fsp3) is 0.800. The fourth-order valence-corrected chi connectivity index (χ4v) is 1.84. The molecule has 0 heterocycles. The van der Waals surface area contributed by atoms with Gasteiger partial charge in [0.1, 0.15) is 17.3 Å². The number of Topliss-reactive ketones (excluding diaryl/α,β-unsaturated/α-hetero) is 3. The van der Waals surface area contributed by atoms with Crippen LogP contribution in [-0.4, -0.2) is 17.3 Å². The van der Waals surface area contributed by atoms with Gasteiger partial charge in [-0.2, -0.15) is 0 Å². The van der Waals surface area contributed by atoms with Crippen molar-refractivity contribution in [1.82, 2.24) is 0 Å². The zero-order valence-corrected chi connectivity index (χ0v) is 11.8. The lowest BCUT2D eigenvalue weighted by atomic mass is 10.0. The molecule has 0 amide bonds. The number of ketones is 3. The second-order valence-electron chi connectivity index (χ2n) is 5.06. The van der Waals surface area contributed by atoms with Gasteiger partial charge in [0.2, 0.25) is 0 Å². The quantitative estimate of drug-likeness (QED) is 0.500. The van der Waals surface area contributed by atoms with Gasteiger partial charge in [-0.05, 0) is 26.7 Å². The Bertz CT molecular complexity index is 269. The van der Waals surface area contributed by atoms with Crippen LogP contribution in [0.1, 0.15) is 78.1 Å². The highest BCUT2D eigenvalue weighted by Gasteiger charge is 2.03. The summed E-state index contributed by atoms with van der Waals surface area (Å²) in [7, 11) is 0. The predicted molar refractivity (Wildman–Crippen MR) is 72.5 cm³/mol. The van der Waals surface area contributed by atoms with E-state index in [1.54, 1.807) is 6.92 Å². The van der Waals surface area contributed by atoms with Gasteiger partial charge in [0.05, 0.1) is 0 Å². The molecule has 0 aliphatic carbocycles. The Hall–Kier alpha value is -0.990. The third kappa shape index (κ3) is 13.1. The summed E-state index contributed by atoms with van der Waals surface area (Å²) < 4.78 is 0. The third-order valence-corrected chi connectivity index (χ3v) is 2.99. The molecule has 3 heteroatoms. The lowest BCUT2D eigenvalue weighted by Gasteiger charge is -2.01. The Kier molecular flexibility index (Phi) is 10.5. The maximum Gasteiger partial charge on any atom is 0.133 e. The van der Waals surface area contributed by atoms with Gasteiger partial charge in [0.25, 0.3) is 0 Å². The number of hydrogen-bond acceptors (Lipinski definition) is 3. The third-order valence-electron chi connectivity index (χ3n) is 2.99. The maximum atomic E-state index is 11.4. The molecule has 3 nitrogen and oxygen atoms in total. The van der Waals surface area contributed by atoms with Gasteiger partial charge < -0.3 is 9.59 Å². The molecule has 0 saturated carbocycles. The lowest BCUT2D eigenvalue weighted by molar-refractivity contribution is -0.123. The second kappa shape index (κ2) is 11.1. The number of hydrogen-bond donors (Lipinski definition) is 0. The molecule has 104 valence electrons. The molecule has 0 N–H and O–H groups in total. The summed E-state index contributed by atoms with van der Waals surface area (Å²) >= 11 is 0. The van der Waals surface area contributed by atoms with E-state index in [0.29, 0.717) is 25.7 Å². The van der Waals surface area contributed by atoms with E-state index in [0.717, 1.165) is 38.5 Å². The Morgan fingerprint density at radius 2 is 1.00 bits per heavy atom. The Labute approximate surface area is 110 Å². The van der Waals surface area contributed by atoms with E-state index in [1.165, 1.54) is 6.92 Å². The van der Waals surface area contributed by atoms with E-state index in [1.807, 2.05) is 0 Å². The van der Waals surface area contributed by atoms with Crippen LogP contribution < -0.4 is 0 Å². The number of unbranched alkanes of at least 4 members (excludes halogenated alkanes) is 5. The number of rotatable bonds is 12. The van der Waals surface area contributed by atoms with Crippen LogP contribution in [0.25, 0.3) is 0 Å². The van der Waals surface area contributed by atoms with Crippen molar-refractivity contribution in [2.75, 3.05) is 0 Å². The zero-order valence-electron chi connectivity index (χ0n) is 11.8. The first-order valence-corrected chi connectivity index (χ1v) is 7.03. The molecular formula is C15H26O3. The van der Waals surface area contributed by atoms with Crippen molar-refractivity contribution in [2.45, 2.75) is 78.1 Å². The van der Waals surface area contributed by atoms with Crippen LogP contribution in [0, 0.1) is 0 Å². The molecule has 0 aliphatic rings. The number of carbonyl (C=O) groups is 3. The monoisotopic (exact) mass is 254 g/mol. The van der Waals surface area contributed by atoms with Crippen molar-refractivity contribution >= 4 is 17.3 Å². The average molecular weight is 254 g/mol. The molecule has 0 aliphatic heterocycles. The molecule has 0 radical (unpaired) electrons.